The molecule has 1 N–H and O–H groups in total. The summed E-state index contributed by atoms with van der Waals surface area (Å²) in [6.45, 7) is 4.65. The van der Waals surface area contributed by atoms with E-state index in [2.05, 4.69) is 17.2 Å². The third-order valence-corrected chi connectivity index (χ3v) is 6.77. The lowest BCUT2D eigenvalue weighted by molar-refractivity contribution is -0.119. The van der Waals surface area contributed by atoms with Gasteiger partial charge in [-0.15, -0.1) is 11.8 Å². The van der Waals surface area contributed by atoms with Crippen LogP contribution in [0.1, 0.15) is 51.6 Å². The average molecular weight is 368 g/mol. The first-order valence-corrected chi connectivity index (χ1v) is 10.7. The molecule has 0 spiro atoms. The number of hydrogen-bond donors (Lipinski definition) is 1. The van der Waals surface area contributed by atoms with E-state index in [1.165, 1.54) is 31.0 Å². The molecule has 2 aliphatic rings. The van der Waals surface area contributed by atoms with Crippen LogP contribution >= 0.6 is 23.5 Å². The third-order valence-electron chi connectivity index (χ3n) is 4.58. The second kappa shape index (κ2) is 7.95. The number of thioether (sulfide) groups is 2. The lowest BCUT2D eigenvalue weighted by atomic mass is 9.95. The van der Waals surface area contributed by atoms with Crippen LogP contribution in [0.15, 0.2) is 14.8 Å². The topological polar surface area (TPSA) is 64.0 Å². The van der Waals surface area contributed by atoms with Gasteiger partial charge in [0.25, 0.3) is 5.56 Å². The maximum absolute atomic E-state index is 12.6. The number of nitrogens with zero attached hydrogens (tertiary/aromatic N) is 2. The van der Waals surface area contributed by atoms with Gasteiger partial charge in [0, 0.05) is 24.3 Å². The Hall–Kier alpha value is -0.950. The van der Waals surface area contributed by atoms with Gasteiger partial charge in [-0.3, -0.25) is 14.2 Å². The van der Waals surface area contributed by atoms with Crippen molar-refractivity contribution in [3.05, 3.63) is 16.0 Å². The number of rotatable bonds is 5. The molecule has 132 valence electrons. The van der Waals surface area contributed by atoms with Crippen molar-refractivity contribution in [1.82, 2.24) is 14.9 Å². The van der Waals surface area contributed by atoms with E-state index in [1.807, 2.05) is 6.92 Å². The van der Waals surface area contributed by atoms with Crippen molar-refractivity contribution in [3.63, 3.8) is 0 Å². The van der Waals surface area contributed by atoms with Crippen LogP contribution in [0, 0.1) is 0 Å². The van der Waals surface area contributed by atoms with Crippen LogP contribution in [-0.4, -0.2) is 32.5 Å². The van der Waals surface area contributed by atoms with Crippen LogP contribution in [0.5, 0.6) is 0 Å². The van der Waals surface area contributed by atoms with Gasteiger partial charge in [-0.25, -0.2) is 4.98 Å². The Bertz CT molecular complexity index is 669. The van der Waals surface area contributed by atoms with Crippen LogP contribution < -0.4 is 10.9 Å². The van der Waals surface area contributed by atoms with E-state index in [0.29, 0.717) is 28.7 Å². The Labute approximate surface area is 151 Å². The van der Waals surface area contributed by atoms with E-state index in [-0.39, 0.29) is 11.5 Å². The summed E-state index contributed by atoms with van der Waals surface area (Å²) < 4.78 is 1.70. The van der Waals surface area contributed by atoms with Crippen LogP contribution in [0.25, 0.3) is 0 Å². The highest BCUT2D eigenvalue weighted by atomic mass is 32.2. The van der Waals surface area contributed by atoms with Gasteiger partial charge in [-0.2, -0.15) is 0 Å². The smallest absolute Gasteiger partial charge is 0.268 e. The second-order valence-electron chi connectivity index (χ2n) is 6.54. The summed E-state index contributed by atoms with van der Waals surface area (Å²) in [6, 6.07) is 0.324. The van der Waals surface area contributed by atoms with Gasteiger partial charge in [0.1, 0.15) is 0 Å². The fourth-order valence-corrected chi connectivity index (χ4v) is 5.37. The molecule has 2 heterocycles. The van der Waals surface area contributed by atoms with Gasteiger partial charge >= 0.3 is 0 Å². The molecule has 0 radical (unpaired) electrons. The van der Waals surface area contributed by atoms with Crippen molar-refractivity contribution in [2.24, 2.45) is 0 Å². The Kier molecular flexibility index (Phi) is 5.92. The summed E-state index contributed by atoms with van der Waals surface area (Å²) in [4.78, 5) is 30.3. The van der Waals surface area contributed by atoms with E-state index in [1.54, 1.807) is 16.3 Å². The zero-order chi connectivity index (χ0) is 17.1. The minimum atomic E-state index is 0.0482. The summed E-state index contributed by atoms with van der Waals surface area (Å²) in [7, 11) is 0. The molecular weight excluding hydrogens is 342 g/mol. The summed E-state index contributed by atoms with van der Waals surface area (Å²) >= 11 is 3.00. The van der Waals surface area contributed by atoms with Crippen LogP contribution in [0.3, 0.4) is 0 Å². The Morgan fingerprint density at radius 1 is 1.38 bits per heavy atom. The molecule has 5 nitrogen and oxygen atoms in total. The average Bonchev–Trinajstić information content (AvgIpc) is 2.95. The molecule has 1 fully saturated rings. The van der Waals surface area contributed by atoms with Gasteiger partial charge in [-0.1, -0.05) is 37.9 Å². The molecule has 1 amide bonds. The fourth-order valence-electron chi connectivity index (χ4n) is 3.37. The second-order valence-corrected chi connectivity index (χ2v) is 8.93. The molecule has 1 atom stereocenters. The van der Waals surface area contributed by atoms with Crippen molar-refractivity contribution < 1.29 is 4.79 Å². The van der Waals surface area contributed by atoms with Gasteiger partial charge in [0.15, 0.2) is 5.16 Å². The maximum atomic E-state index is 12.6. The summed E-state index contributed by atoms with van der Waals surface area (Å²) in [6.07, 6.45) is 6.69. The van der Waals surface area contributed by atoms with Gasteiger partial charge in [0.05, 0.1) is 16.3 Å². The Morgan fingerprint density at radius 3 is 2.83 bits per heavy atom. The monoisotopic (exact) mass is 367 g/mol. The molecule has 0 unspecified atom stereocenters. The lowest BCUT2D eigenvalue weighted by Gasteiger charge is -2.22. The van der Waals surface area contributed by atoms with Crippen molar-refractivity contribution in [1.29, 1.82) is 0 Å². The molecule has 1 aliphatic carbocycles. The van der Waals surface area contributed by atoms with Crippen LogP contribution in [0.2, 0.25) is 0 Å². The molecule has 0 bridgehead atoms. The first-order valence-electron chi connectivity index (χ1n) is 8.81. The predicted octanol–water partition coefficient (Wildman–Crippen LogP) is 2.84. The van der Waals surface area contributed by atoms with Gasteiger partial charge in [-0.05, 0) is 19.8 Å². The summed E-state index contributed by atoms with van der Waals surface area (Å²) in [5.74, 6) is 0.372. The first kappa shape index (κ1) is 17.9. The predicted molar refractivity (Wildman–Crippen MR) is 98.9 cm³/mol. The number of nitrogens with one attached hydrogen (secondary N) is 1. The normalized spacial score (nSPS) is 20.8. The zero-order valence-corrected chi connectivity index (χ0v) is 16.0. The molecule has 1 saturated carbocycles. The van der Waals surface area contributed by atoms with E-state index in [0.717, 1.165) is 29.9 Å². The maximum Gasteiger partial charge on any atom is 0.268 e. The molecule has 1 aliphatic heterocycles. The number of carbonyl (C=O) groups is 1. The quantitative estimate of drug-likeness (QED) is 0.640. The number of hydrogen-bond acceptors (Lipinski definition) is 5. The van der Waals surface area contributed by atoms with E-state index in [4.69, 9.17) is 0 Å². The molecule has 1 aromatic heterocycles. The lowest BCUT2D eigenvalue weighted by Crippen LogP contribution is -2.37. The Balaban J connectivity index is 1.66. The Morgan fingerprint density at radius 2 is 2.12 bits per heavy atom. The van der Waals surface area contributed by atoms with E-state index >= 15 is 0 Å². The number of aromatic nitrogens is 2. The number of carbonyl (C=O) groups excluding carboxylic acids is 1. The van der Waals surface area contributed by atoms with Gasteiger partial charge < -0.3 is 5.32 Å². The molecule has 0 aromatic carbocycles. The highest BCUT2D eigenvalue weighted by Crippen LogP contribution is 2.34. The SMILES string of the molecule is CCn1c(SCC(=O)NC2CCCCC2)nc2c(c1=O)S[C@@H](C)C2. The van der Waals surface area contributed by atoms with Crippen molar-refractivity contribution >= 4 is 29.4 Å². The van der Waals surface area contributed by atoms with Crippen molar-refractivity contribution in [3.8, 4) is 0 Å². The molecule has 0 saturated heterocycles. The highest BCUT2D eigenvalue weighted by molar-refractivity contribution is 8.00. The standard InChI is InChI=1S/C17H25N3O2S2/c1-3-20-16(22)15-13(9-11(2)24-15)19-17(20)23-10-14(21)18-12-7-5-4-6-8-12/h11-12H,3-10H2,1-2H3,(H,18,21)/t11-/m0/s1. The third kappa shape index (κ3) is 3.99. The zero-order valence-electron chi connectivity index (χ0n) is 14.3. The first-order chi connectivity index (χ1) is 11.6. The molecule has 3 rings (SSSR count). The number of amides is 1. The minimum Gasteiger partial charge on any atom is -0.353 e. The largest absolute Gasteiger partial charge is 0.353 e. The van der Waals surface area contributed by atoms with Crippen LogP contribution in [-0.2, 0) is 17.8 Å². The van der Waals surface area contributed by atoms with Crippen molar-refractivity contribution in [2.75, 3.05) is 5.75 Å². The highest BCUT2D eigenvalue weighted by Gasteiger charge is 2.26. The number of fused-ring (bicyclic) bond motifs is 1. The summed E-state index contributed by atoms with van der Waals surface area (Å²) in [5, 5.41) is 4.20. The van der Waals surface area contributed by atoms with Crippen molar-refractivity contribution in [2.45, 2.75) is 80.3 Å². The minimum absolute atomic E-state index is 0.0482. The van der Waals surface area contributed by atoms with E-state index in [9.17, 15) is 9.59 Å². The fraction of sp³-hybridized carbons (Fsp3) is 0.706. The molecular formula is C17H25N3O2S2. The molecule has 1 aromatic rings. The van der Waals surface area contributed by atoms with E-state index < -0.39 is 0 Å². The molecule has 24 heavy (non-hydrogen) atoms. The van der Waals surface area contributed by atoms with Crippen LogP contribution in [0.4, 0.5) is 0 Å². The summed E-state index contributed by atoms with van der Waals surface area (Å²) in [5.41, 5.74) is 0.949. The molecule has 7 heteroatoms. The van der Waals surface area contributed by atoms with Gasteiger partial charge in [0.2, 0.25) is 5.91 Å².